The van der Waals surface area contributed by atoms with E-state index in [0.29, 0.717) is 23.0 Å². The van der Waals surface area contributed by atoms with Gasteiger partial charge in [0.05, 0.1) is 5.52 Å². The first-order valence-electron chi connectivity index (χ1n) is 7.09. The Hall–Kier alpha value is -2.88. The van der Waals surface area contributed by atoms with Crippen LogP contribution in [0.1, 0.15) is 22.8 Å². The van der Waals surface area contributed by atoms with E-state index in [9.17, 15) is 14.7 Å². The molecular weight excluding hydrogens is 278 g/mol. The number of pyridine rings is 1. The van der Waals surface area contributed by atoms with Gasteiger partial charge in [-0.05, 0) is 19.1 Å². The van der Waals surface area contributed by atoms with Gasteiger partial charge in [-0.2, -0.15) is 0 Å². The number of aryl methyl sites for hydroxylation is 1. The van der Waals surface area contributed by atoms with Crippen molar-refractivity contribution in [3.05, 3.63) is 76.1 Å². The Morgan fingerprint density at radius 2 is 1.68 bits per heavy atom. The van der Waals surface area contributed by atoms with Gasteiger partial charge in [-0.15, -0.1) is 0 Å². The van der Waals surface area contributed by atoms with Crippen LogP contribution in [0.25, 0.3) is 10.9 Å². The molecule has 22 heavy (non-hydrogen) atoms. The zero-order valence-corrected chi connectivity index (χ0v) is 12.1. The molecular formula is C18H15NO3. The molecule has 0 radical (unpaired) electrons. The molecule has 0 amide bonds. The van der Waals surface area contributed by atoms with Crippen LogP contribution in [0.3, 0.4) is 0 Å². The van der Waals surface area contributed by atoms with Crippen molar-refractivity contribution in [1.29, 1.82) is 0 Å². The number of aromatic hydroxyl groups is 1. The van der Waals surface area contributed by atoms with Crippen molar-refractivity contribution in [3.8, 4) is 5.75 Å². The molecule has 0 spiro atoms. The molecule has 4 nitrogen and oxygen atoms in total. The maximum atomic E-state index is 12.6. The Morgan fingerprint density at radius 3 is 2.36 bits per heavy atom. The Labute approximate surface area is 127 Å². The van der Waals surface area contributed by atoms with Gasteiger partial charge in [-0.1, -0.05) is 42.5 Å². The third-order valence-corrected chi connectivity index (χ3v) is 3.73. The highest BCUT2D eigenvalue weighted by Gasteiger charge is 2.22. The number of carbonyl (C=O) groups excluding carboxylic acids is 1. The minimum absolute atomic E-state index is 0.174. The van der Waals surface area contributed by atoms with Crippen LogP contribution >= 0.6 is 0 Å². The van der Waals surface area contributed by atoms with Gasteiger partial charge in [-0.25, -0.2) is 0 Å². The van der Waals surface area contributed by atoms with Crippen molar-refractivity contribution in [2.24, 2.45) is 0 Å². The van der Waals surface area contributed by atoms with Gasteiger partial charge >= 0.3 is 0 Å². The fourth-order valence-corrected chi connectivity index (χ4v) is 2.64. The van der Waals surface area contributed by atoms with Crippen LogP contribution in [-0.4, -0.2) is 15.5 Å². The summed E-state index contributed by atoms with van der Waals surface area (Å²) in [7, 11) is 0. The van der Waals surface area contributed by atoms with Crippen LogP contribution < -0.4 is 5.56 Å². The molecule has 2 aromatic carbocycles. The van der Waals surface area contributed by atoms with Crippen molar-refractivity contribution in [2.75, 3.05) is 0 Å². The van der Waals surface area contributed by atoms with Crippen LogP contribution in [-0.2, 0) is 6.54 Å². The minimum Gasteiger partial charge on any atom is -0.506 e. The minimum atomic E-state index is -0.465. The van der Waals surface area contributed by atoms with E-state index in [-0.39, 0.29) is 11.3 Å². The third kappa shape index (κ3) is 2.09. The highest BCUT2D eigenvalue weighted by atomic mass is 16.3. The monoisotopic (exact) mass is 293 g/mol. The molecule has 110 valence electrons. The van der Waals surface area contributed by atoms with Crippen molar-refractivity contribution < 1.29 is 9.90 Å². The number of para-hydroxylation sites is 1. The summed E-state index contributed by atoms with van der Waals surface area (Å²) in [4.78, 5) is 25.3. The average Bonchev–Trinajstić information content (AvgIpc) is 2.56. The molecule has 0 aliphatic heterocycles. The van der Waals surface area contributed by atoms with E-state index < -0.39 is 11.3 Å². The van der Waals surface area contributed by atoms with Crippen molar-refractivity contribution >= 4 is 16.7 Å². The van der Waals surface area contributed by atoms with E-state index in [1.807, 2.05) is 6.92 Å². The molecule has 4 heteroatoms. The highest BCUT2D eigenvalue weighted by molar-refractivity contribution is 6.12. The smallest absolute Gasteiger partial charge is 0.266 e. The predicted octanol–water partition coefficient (Wildman–Crippen LogP) is 2.96. The fourth-order valence-electron chi connectivity index (χ4n) is 2.64. The first-order valence-corrected chi connectivity index (χ1v) is 7.09. The maximum absolute atomic E-state index is 12.6. The van der Waals surface area contributed by atoms with Crippen LogP contribution in [0, 0.1) is 0 Å². The van der Waals surface area contributed by atoms with Crippen LogP contribution in [0.15, 0.2) is 59.4 Å². The number of hydrogen-bond acceptors (Lipinski definition) is 3. The van der Waals surface area contributed by atoms with Gasteiger partial charge in [-0.3, -0.25) is 9.59 Å². The number of hydrogen-bond donors (Lipinski definition) is 1. The van der Waals surface area contributed by atoms with Gasteiger partial charge < -0.3 is 9.67 Å². The summed E-state index contributed by atoms with van der Waals surface area (Å²) in [5, 5.41) is 11.0. The second-order valence-corrected chi connectivity index (χ2v) is 4.99. The molecule has 0 atom stereocenters. The molecule has 0 fully saturated rings. The van der Waals surface area contributed by atoms with E-state index in [0.717, 1.165) is 0 Å². The number of rotatable bonds is 3. The molecule has 0 unspecified atom stereocenters. The lowest BCUT2D eigenvalue weighted by molar-refractivity contribution is 0.103. The topological polar surface area (TPSA) is 59.3 Å². The van der Waals surface area contributed by atoms with E-state index in [2.05, 4.69) is 0 Å². The second-order valence-electron chi connectivity index (χ2n) is 4.99. The van der Waals surface area contributed by atoms with E-state index in [1.54, 1.807) is 54.6 Å². The summed E-state index contributed by atoms with van der Waals surface area (Å²) < 4.78 is 1.51. The lowest BCUT2D eigenvalue weighted by atomic mass is 10.0. The number of aromatic nitrogens is 1. The van der Waals surface area contributed by atoms with Crippen LogP contribution in [0.5, 0.6) is 5.75 Å². The lowest BCUT2D eigenvalue weighted by Crippen LogP contribution is -2.26. The summed E-state index contributed by atoms with van der Waals surface area (Å²) >= 11 is 0. The summed E-state index contributed by atoms with van der Waals surface area (Å²) in [5.74, 6) is -0.713. The predicted molar refractivity (Wildman–Crippen MR) is 85.4 cm³/mol. The van der Waals surface area contributed by atoms with Gasteiger partial charge in [0.2, 0.25) is 5.78 Å². The number of fused-ring (bicyclic) bond motifs is 1. The molecule has 3 rings (SSSR count). The fraction of sp³-hybridized carbons (Fsp3) is 0.111. The standard InChI is InChI=1S/C18H15NO3/c1-2-19-14-11-7-6-10-13(14)17(21)15(18(19)22)16(20)12-8-4-3-5-9-12/h3-11,21H,2H2,1H3. The average molecular weight is 293 g/mol. The van der Waals surface area contributed by atoms with Gasteiger partial charge in [0.15, 0.2) is 0 Å². The van der Waals surface area contributed by atoms with Crippen molar-refractivity contribution in [2.45, 2.75) is 13.5 Å². The summed E-state index contributed by atoms with van der Waals surface area (Å²) in [6, 6.07) is 15.5. The third-order valence-electron chi connectivity index (χ3n) is 3.73. The molecule has 0 aliphatic carbocycles. The van der Waals surface area contributed by atoms with E-state index in [1.165, 1.54) is 4.57 Å². The number of carbonyl (C=O) groups is 1. The van der Waals surface area contributed by atoms with Crippen molar-refractivity contribution in [3.63, 3.8) is 0 Å². The molecule has 0 aliphatic rings. The molecule has 1 N–H and O–H groups in total. The largest absolute Gasteiger partial charge is 0.506 e. The normalized spacial score (nSPS) is 10.8. The summed E-state index contributed by atoms with van der Waals surface area (Å²) in [6.07, 6.45) is 0. The summed E-state index contributed by atoms with van der Waals surface area (Å²) in [6.45, 7) is 2.26. The van der Waals surface area contributed by atoms with Crippen LogP contribution in [0.2, 0.25) is 0 Å². The first kappa shape index (κ1) is 14.1. The molecule has 1 aromatic heterocycles. The zero-order chi connectivity index (χ0) is 15.7. The SMILES string of the molecule is CCn1c(=O)c(C(=O)c2ccccc2)c(O)c2ccccc21. The Bertz CT molecular complexity index is 911. The van der Waals surface area contributed by atoms with Crippen LogP contribution in [0.4, 0.5) is 0 Å². The second kappa shape index (κ2) is 5.48. The Balaban J connectivity index is 2.35. The van der Waals surface area contributed by atoms with Gasteiger partial charge in [0.25, 0.3) is 5.56 Å². The molecule has 0 saturated heterocycles. The highest BCUT2D eigenvalue weighted by Crippen LogP contribution is 2.27. The number of benzene rings is 2. The van der Waals surface area contributed by atoms with Gasteiger partial charge in [0, 0.05) is 17.5 Å². The molecule has 0 bridgehead atoms. The zero-order valence-electron chi connectivity index (χ0n) is 12.1. The molecule has 3 aromatic rings. The Morgan fingerprint density at radius 1 is 1.05 bits per heavy atom. The van der Waals surface area contributed by atoms with Crippen molar-refractivity contribution in [1.82, 2.24) is 4.57 Å². The molecule has 0 saturated carbocycles. The quantitative estimate of drug-likeness (QED) is 0.755. The van der Waals surface area contributed by atoms with E-state index in [4.69, 9.17) is 0 Å². The first-order chi connectivity index (χ1) is 10.6. The number of nitrogens with zero attached hydrogens (tertiary/aromatic N) is 1. The summed E-state index contributed by atoms with van der Waals surface area (Å²) in [5.41, 5.74) is 0.365. The molecule has 1 heterocycles. The van der Waals surface area contributed by atoms with E-state index >= 15 is 0 Å². The maximum Gasteiger partial charge on any atom is 0.266 e. The van der Waals surface area contributed by atoms with Gasteiger partial charge in [0.1, 0.15) is 11.3 Å². The Kier molecular flexibility index (Phi) is 3.51. The lowest BCUT2D eigenvalue weighted by Gasteiger charge is -2.13. The number of ketones is 1.